The molecule has 2 rings (SSSR count). The van der Waals surface area contributed by atoms with E-state index in [-0.39, 0.29) is 0 Å². The molecule has 1 unspecified atom stereocenters. The van der Waals surface area contributed by atoms with Crippen LogP contribution < -0.4 is 5.73 Å². The summed E-state index contributed by atoms with van der Waals surface area (Å²) in [5, 5.41) is 0. The highest BCUT2D eigenvalue weighted by molar-refractivity contribution is 5.47. The average Bonchev–Trinajstić information content (AvgIpc) is 2.50. The SMILES string of the molecule is Cc1cc(CN2CCCCCC2C)ccc1N. The zero-order valence-electron chi connectivity index (χ0n) is 11.1. The predicted molar refractivity (Wildman–Crippen MR) is 73.9 cm³/mol. The van der Waals surface area contributed by atoms with Crippen LogP contribution in [-0.4, -0.2) is 17.5 Å². The second kappa shape index (κ2) is 5.54. The fraction of sp³-hybridized carbons (Fsp3) is 0.600. The molecular weight excluding hydrogens is 208 g/mol. The van der Waals surface area contributed by atoms with E-state index in [4.69, 9.17) is 5.73 Å². The number of likely N-dealkylation sites (tertiary alicyclic amines) is 1. The van der Waals surface area contributed by atoms with E-state index in [0.717, 1.165) is 18.3 Å². The van der Waals surface area contributed by atoms with Crippen molar-refractivity contribution in [2.45, 2.75) is 52.1 Å². The van der Waals surface area contributed by atoms with E-state index in [9.17, 15) is 0 Å². The number of nitrogens with zero attached hydrogens (tertiary/aromatic N) is 1. The molecule has 0 bridgehead atoms. The highest BCUT2D eigenvalue weighted by Gasteiger charge is 2.16. The molecule has 1 aromatic rings. The van der Waals surface area contributed by atoms with Gasteiger partial charge in [-0.3, -0.25) is 4.90 Å². The van der Waals surface area contributed by atoms with Crippen LogP contribution in [0.2, 0.25) is 0 Å². The number of nitrogens with two attached hydrogens (primary N) is 1. The maximum absolute atomic E-state index is 5.86. The Morgan fingerprint density at radius 2 is 2.12 bits per heavy atom. The van der Waals surface area contributed by atoms with E-state index >= 15 is 0 Å². The molecule has 1 fully saturated rings. The van der Waals surface area contributed by atoms with Crippen LogP contribution in [0.1, 0.15) is 43.7 Å². The molecular formula is C15H24N2. The van der Waals surface area contributed by atoms with E-state index < -0.39 is 0 Å². The zero-order chi connectivity index (χ0) is 12.3. The Hall–Kier alpha value is -1.02. The minimum absolute atomic E-state index is 0.718. The van der Waals surface area contributed by atoms with Gasteiger partial charge in [0.25, 0.3) is 0 Å². The number of benzene rings is 1. The highest BCUT2D eigenvalue weighted by Crippen LogP contribution is 2.20. The molecule has 1 atom stereocenters. The van der Waals surface area contributed by atoms with Gasteiger partial charge in [-0.05, 0) is 50.4 Å². The monoisotopic (exact) mass is 232 g/mol. The minimum Gasteiger partial charge on any atom is -0.399 e. The summed E-state index contributed by atoms with van der Waals surface area (Å²) >= 11 is 0. The maximum Gasteiger partial charge on any atom is 0.0343 e. The lowest BCUT2D eigenvalue weighted by Gasteiger charge is -2.27. The van der Waals surface area contributed by atoms with Gasteiger partial charge in [-0.15, -0.1) is 0 Å². The summed E-state index contributed by atoms with van der Waals surface area (Å²) in [4.78, 5) is 2.61. The molecule has 1 aliphatic rings. The van der Waals surface area contributed by atoms with Crippen molar-refractivity contribution in [1.29, 1.82) is 0 Å². The Kier molecular flexibility index (Phi) is 4.06. The van der Waals surface area contributed by atoms with Gasteiger partial charge in [0.05, 0.1) is 0 Å². The van der Waals surface area contributed by atoms with Gasteiger partial charge in [0.2, 0.25) is 0 Å². The Morgan fingerprint density at radius 1 is 1.29 bits per heavy atom. The molecule has 0 radical (unpaired) electrons. The molecule has 0 saturated carbocycles. The van der Waals surface area contributed by atoms with E-state index in [1.54, 1.807) is 0 Å². The first-order valence-electron chi connectivity index (χ1n) is 6.76. The summed E-state index contributed by atoms with van der Waals surface area (Å²) in [7, 11) is 0. The van der Waals surface area contributed by atoms with Gasteiger partial charge >= 0.3 is 0 Å². The topological polar surface area (TPSA) is 29.3 Å². The second-order valence-electron chi connectivity index (χ2n) is 5.36. The minimum atomic E-state index is 0.718. The first-order chi connectivity index (χ1) is 8.16. The molecule has 1 saturated heterocycles. The van der Waals surface area contributed by atoms with Crippen molar-refractivity contribution in [1.82, 2.24) is 4.90 Å². The van der Waals surface area contributed by atoms with Crippen molar-refractivity contribution in [3.05, 3.63) is 29.3 Å². The molecule has 0 aliphatic carbocycles. The highest BCUT2D eigenvalue weighted by atomic mass is 15.1. The number of hydrogen-bond acceptors (Lipinski definition) is 2. The summed E-state index contributed by atoms with van der Waals surface area (Å²) in [6, 6.07) is 7.15. The van der Waals surface area contributed by atoms with Crippen molar-refractivity contribution in [2.75, 3.05) is 12.3 Å². The van der Waals surface area contributed by atoms with Gasteiger partial charge in [0.1, 0.15) is 0 Å². The molecule has 94 valence electrons. The van der Waals surface area contributed by atoms with Crippen LogP contribution in [0.4, 0.5) is 5.69 Å². The zero-order valence-corrected chi connectivity index (χ0v) is 11.1. The van der Waals surface area contributed by atoms with Crippen LogP contribution in [0.5, 0.6) is 0 Å². The molecule has 1 heterocycles. The Bertz CT molecular complexity index is 373. The van der Waals surface area contributed by atoms with Crippen LogP contribution in [0.3, 0.4) is 0 Å². The molecule has 2 heteroatoms. The summed E-state index contributed by atoms with van der Waals surface area (Å²) in [5.74, 6) is 0. The lowest BCUT2D eigenvalue weighted by Crippen LogP contribution is -2.31. The fourth-order valence-corrected chi connectivity index (χ4v) is 2.64. The standard InChI is InChI=1S/C15H24N2/c1-12-10-14(7-8-15(12)16)11-17-9-5-3-4-6-13(17)2/h7-8,10,13H,3-6,9,11,16H2,1-2H3. The van der Waals surface area contributed by atoms with Crippen LogP contribution >= 0.6 is 0 Å². The summed E-state index contributed by atoms with van der Waals surface area (Å²) in [6.07, 6.45) is 5.46. The van der Waals surface area contributed by atoms with E-state index in [1.165, 1.54) is 43.4 Å². The van der Waals surface area contributed by atoms with Gasteiger partial charge in [-0.1, -0.05) is 25.0 Å². The average molecular weight is 232 g/mol. The third-order valence-corrected chi connectivity index (χ3v) is 3.91. The molecule has 0 aromatic heterocycles. The van der Waals surface area contributed by atoms with Crippen molar-refractivity contribution in [3.63, 3.8) is 0 Å². The van der Waals surface area contributed by atoms with Crippen molar-refractivity contribution < 1.29 is 0 Å². The molecule has 0 amide bonds. The molecule has 17 heavy (non-hydrogen) atoms. The third-order valence-electron chi connectivity index (χ3n) is 3.91. The normalized spacial score (nSPS) is 22.4. The number of nitrogen functional groups attached to an aromatic ring is 1. The summed E-state index contributed by atoms with van der Waals surface area (Å²) in [6.45, 7) is 6.76. The first kappa shape index (κ1) is 12.4. The smallest absolute Gasteiger partial charge is 0.0343 e. The molecule has 2 N–H and O–H groups in total. The number of aryl methyl sites for hydroxylation is 1. The van der Waals surface area contributed by atoms with Crippen molar-refractivity contribution in [3.8, 4) is 0 Å². The number of rotatable bonds is 2. The Balaban J connectivity index is 2.05. The van der Waals surface area contributed by atoms with Crippen LogP contribution in [0.25, 0.3) is 0 Å². The maximum atomic E-state index is 5.86. The van der Waals surface area contributed by atoms with Crippen LogP contribution in [-0.2, 0) is 6.54 Å². The fourth-order valence-electron chi connectivity index (χ4n) is 2.64. The largest absolute Gasteiger partial charge is 0.399 e. The van der Waals surface area contributed by atoms with E-state index in [0.29, 0.717) is 0 Å². The van der Waals surface area contributed by atoms with Gasteiger partial charge in [0, 0.05) is 18.3 Å². The van der Waals surface area contributed by atoms with Crippen molar-refractivity contribution in [2.24, 2.45) is 0 Å². The Labute approximate surface area is 105 Å². The lowest BCUT2D eigenvalue weighted by atomic mass is 10.1. The van der Waals surface area contributed by atoms with Gasteiger partial charge in [-0.25, -0.2) is 0 Å². The van der Waals surface area contributed by atoms with Crippen molar-refractivity contribution >= 4 is 5.69 Å². The van der Waals surface area contributed by atoms with E-state index in [1.807, 2.05) is 6.07 Å². The van der Waals surface area contributed by atoms with Crippen LogP contribution in [0.15, 0.2) is 18.2 Å². The molecule has 1 aliphatic heterocycles. The first-order valence-corrected chi connectivity index (χ1v) is 6.76. The number of hydrogen-bond donors (Lipinski definition) is 1. The molecule has 1 aromatic carbocycles. The molecule has 0 spiro atoms. The molecule has 2 nitrogen and oxygen atoms in total. The van der Waals surface area contributed by atoms with Gasteiger partial charge in [-0.2, -0.15) is 0 Å². The predicted octanol–water partition coefficient (Wildman–Crippen LogP) is 3.34. The quantitative estimate of drug-likeness (QED) is 0.792. The van der Waals surface area contributed by atoms with Gasteiger partial charge < -0.3 is 5.73 Å². The third kappa shape index (κ3) is 3.22. The number of anilines is 1. The Morgan fingerprint density at radius 3 is 2.88 bits per heavy atom. The summed E-state index contributed by atoms with van der Waals surface area (Å²) < 4.78 is 0. The van der Waals surface area contributed by atoms with E-state index in [2.05, 4.69) is 30.9 Å². The second-order valence-corrected chi connectivity index (χ2v) is 5.36. The van der Waals surface area contributed by atoms with Crippen LogP contribution in [0, 0.1) is 6.92 Å². The van der Waals surface area contributed by atoms with Gasteiger partial charge in [0.15, 0.2) is 0 Å². The summed E-state index contributed by atoms with van der Waals surface area (Å²) in [5.41, 5.74) is 9.35. The lowest BCUT2D eigenvalue weighted by molar-refractivity contribution is 0.205.